The Hall–Kier alpha value is -0.900. The summed E-state index contributed by atoms with van der Waals surface area (Å²) >= 11 is 1.42. The molecule has 84 valence electrons. The quantitative estimate of drug-likeness (QED) is 0.812. The first-order valence-electron chi connectivity index (χ1n) is 4.98. The predicted molar refractivity (Wildman–Crippen MR) is 61.0 cm³/mol. The molecule has 0 aliphatic heterocycles. The minimum atomic E-state index is -0.749. The normalized spacial score (nSPS) is 14.8. The molecule has 4 heteroatoms. The molecule has 1 atom stereocenters. The van der Waals surface area contributed by atoms with E-state index >= 15 is 0 Å². The van der Waals surface area contributed by atoms with Gasteiger partial charge in [-0.1, -0.05) is 13.3 Å². The van der Waals surface area contributed by atoms with Gasteiger partial charge in [0.1, 0.15) is 10.5 Å². The van der Waals surface area contributed by atoms with Crippen LogP contribution in [0.5, 0.6) is 0 Å². The van der Waals surface area contributed by atoms with Crippen LogP contribution in [0.2, 0.25) is 0 Å². The van der Waals surface area contributed by atoms with Crippen molar-refractivity contribution in [3.8, 4) is 0 Å². The Bertz CT molecular complexity index is 308. The smallest absolute Gasteiger partial charge is 0.319 e. The number of hydrogen-bond donors (Lipinski definition) is 1. The van der Waals surface area contributed by atoms with E-state index in [1.54, 1.807) is 13.2 Å². The largest absolute Gasteiger partial charge is 0.480 e. The van der Waals surface area contributed by atoms with E-state index in [9.17, 15) is 4.79 Å². The molecule has 1 heterocycles. The maximum absolute atomic E-state index is 11.1. The van der Waals surface area contributed by atoms with Crippen molar-refractivity contribution in [2.24, 2.45) is 0 Å². The Morgan fingerprint density at radius 3 is 2.87 bits per heavy atom. The van der Waals surface area contributed by atoms with Gasteiger partial charge in [-0.15, -0.1) is 11.8 Å². The Balaban J connectivity index is 2.56. The number of hydrogen-bond acceptors (Lipinski definition) is 3. The Kier molecular flexibility index (Phi) is 4.27. The van der Waals surface area contributed by atoms with Crippen LogP contribution in [-0.2, 0) is 10.5 Å². The average molecular weight is 228 g/mol. The second-order valence-corrected chi connectivity index (χ2v) is 5.13. The van der Waals surface area contributed by atoms with Crippen molar-refractivity contribution < 1.29 is 14.3 Å². The van der Waals surface area contributed by atoms with Crippen molar-refractivity contribution in [1.29, 1.82) is 0 Å². The molecule has 1 N–H and O–H groups in total. The molecule has 0 aliphatic rings. The van der Waals surface area contributed by atoms with Crippen molar-refractivity contribution in [1.82, 2.24) is 0 Å². The summed E-state index contributed by atoms with van der Waals surface area (Å²) in [7, 11) is 0. The Labute approximate surface area is 93.9 Å². The van der Waals surface area contributed by atoms with E-state index in [1.807, 2.05) is 19.1 Å². The minimum Gasteiger partial charge on any atom is -0.480 e. The molecule has 1 rings (SSSR count). The number of carboxylic acid groups (broad SMARTS) is 1. The van der Waals surface area contributed by atoms with Crippen LogP contribution in [0.25, 0.3) is 0 Å². The number of carbonyl (C=O) groups is 1. The monoisotopic (exact) mass is 228 g/mol. The number of furan rings is 1. The van der Waals surface area contributed by atoms with Crippen molar-refractivity contribution in [3.63, 3.8) is 0 Å². The van der Waals surface area contributed by atoms with E-state index in [0.29, 0.717) is 12.2 Å². The molecule has 0 fully saturated rings. The van der Waals surface area contributed by atoms with E-state index in [4.69, 9.17) is 9.52 Å². The topological polar surface area (TPSA) is 50.4 Å². The third-order valence-corrected chi connectivity index (χ3v) is 3.74. The lowest BCUT2D eigenvalue weighted by molar-refractivity contribution is -0.139. The Morgan fingerprint density at radius 1 is 1.67 bits per heavy atom. The van der Waals surface area contributed by atoms with E-state index < -0.39 is 10.7 Å². The van der Waals surface area contributed by atoms with Gasteiger partial charge in [0, 0.05) is 0 Å². The fourth-order valence-electron chi connectivity index (χ4n) is 1.34. The van der Waals surface area contributed by atoms with Crippen LogP contribution in [0.4, 0.5) is 0 Å². The maximum Gasteiger partial charge on any atom is 0.319 e. The van der Waals surface area contributed by atoms with Crippen LogP contribution < -0.4 is 0 Å². The molecule has 15 heavy (non-hydrogen) atoms. The van der Waals surface area contributed by atoms with Gasteiger partial charge in [-0.3, -0.25) is 4.79 Å². The lowest BCUT2D eigenvalue weighted by atomic mass is 10.1. The fourth-order valence-corrected chi connectivity index (χ4v) is 2.44. The number of carboxylic acids is 1. The molecule has 1 aromatic heterocycles. The fraction of sp³-hybridized carbons (Fsp3) is 0.545. The van der Waals surface area contributed by atoms with Gasteiger partial charge in [-0.2, -0.15) is 0 Å². The van der Waals surface area contributed by atoms with Crippen LogP contribution in [-0.4, -0.2) is 15.8 Å². The molecule has 0 aromatic carbocycles. The van der Waals surface area contributed by atoms with Crippen molar-refractivity contribution in [3.05, 3.63) is 24.2 Å². The van der Waals surface area contributed by atoms with Gasteiger partial charge in [0.05, 0.1) is 12.0 Å². The summed E-state index contributed by atoms with van der Waals surface area (Å²) in [6.45, 7) is 3.76. The maximum atomic E-state index is 11.1. The summed E-state index contributed by atoms with van der Waals surface area (Å²) in [5, 5.41) is 9.14. The van der Waals surface area contributed by atoms with Crippen molar-refractivity contribution in [2.45, 2.75) is 37.2 Å². The van der Waals surface area contributed by atoms with Crippen LogP contribution >= 0.6 is 11.8 Å². The number of aliphatic carboxylic acids is 1. The van der Waals surface area contributed by atoms with E-state index in [-0.39, 0.29) is 0 Å². The molecule has 0 aliphatic carbocycles. The zero-order valence-corrected chi connectivity index (χ0v) is 9.84. The lowest BCUT2D eigenvalue weighted by Crippen LogP contribution is -2.31. The van der Waals surface area contributed by atoms with Crippen LogP contribution in [0.1, 0.15) is 32.4 Å². The molecule has 0 bridgehead atoms. The molecular formula is C11H16O3S. The zero-order chi connectivity index (χ0) is 11.3. The van der Waals surface area contributed by atoms with Gasteiger partial charge >= 0.3 is 5.97 Å². The summed E-state index contributed by atoms with van der Waals surface area (Å²) in [6, 6.07) is 3.68. The predicted octanol–water partition coefficient (Wildman–Crippen LogP) is 3.16. The summed E-state index contributed by atoms with van der Waals surface area (Å²) in [4.78, 5) is 11.1. The van der Waals surface area contributed by atoms with Crippen LogP contribution in [0.3, 0.4) is 0 Å². The molecule has 0 amide bonds. The second kappa shape index (κ2) is 5.26. The highest BCUT2D eigenvalue weighted by molar-refractivity contribution is 8.00. The molecule has 0 spiro atoms. The molecule has 1 unspecified atom stereocenters. The molecular weight excluding hydrogens is 212 g/mol. The first-order valence-corrected chi connectivity index (χ1v) is 5.97. The lowest BCUT2D eigenvalue weighted by Gasteiger charge is -2.22. The molecule has 3 nitrogen and oxygen atoms in total. The molecule has 1 aromatic rings. The Morgan fingerprint density at radius 2 is 2.40 bits per heavy atom. The van der Waals surface area contributed by atoms with Crippen LogP contribution in [0.15, 0.2) is 22.8 Å². The zero-order valence-electron chi connectivity index (χ0n) is 9.03. The van der Waals surface area contributed by atoms with Gasteiger partial charge in [0.15, 0.2) is 0 Å². The van der Waals surface area contributed by atoms with Gasteiger partial charge in [0.2, 0.25) is 0 Å². The number of thioether (sulfide) groups is 1. The van der Waals surface area contributed by atoms with E-state index in [1.165, 1.54) is 11.8 Å². The van der Waals surface area contributed by atoms with E-state index in [0.717, 1.165) is 12.2 Å². The highest BCUT2D eigenvalue weighted by atomic mass is 32.2. The summed E-state index contributed by atoms with van der Waals surface area (Å²) in [6.07, 6.45) is 3.15. The second-order valence-electron chi connectivity index (χ2n) is 3.65. The standard InChI is InChI=1S/C11H16O3S/c1-3-6-11(2,10(12)13)15-8-9-5-4-7-14-9/h4-5,7H,3,6,8H2,1-2H3,(H,12,13). The van der Waals surface area contributed by atoms with Gasteiger partial charge < -0.3 is 9.52 Å². The first kappa shape index (κ1) is 12.2. The third-order valence-electron chi connectivity index (χ3n) is 2.29. The first-order chi connectivity index (χ1) is 7.08. The number of rotatable bonds is 6. The van der Waals surface area contributed by atoms with Crippen molar-refractivity contribution >= 4 is 17.7 Å². The molecule has 0 saturated heterocycles. The van der Waals surface area contributed by atoms with Gasteiger partial charge in [0.25, 0.3) is 0 Å². The highest BCUT2D eigenvalue weighted by Gasteiger charge is 2.32. The van der Waals surface area contributed by atoms with Gasteiger partial charge in [-0.05, 0) is 25.5 Å². The van der Waals surface area contributed by atoms with Gasteiger partial charge in [-0.25, -0.2) is 0 Å². The average Bonchev–Trinajstić information content (AvgIpc) is 2.67. The van der Waals surface area contributed by atoms with Crippen LogP contribution in [0, 0.1) is 0 Å². The molecule has 0 saturated carbocycles. The SMILES string of the molecule is CCCC(C)(SCc1ccco1)C(=O)O. The van der Waals surface area contributed by atoms with Crippen molar-refractivity contribution in [2.75, 3.05) is 0 Å². The summed E-state index contributed by atoms with van der Waals surface area (Å²) < 4.78 is 4.47. The minimum absolute atomic E-state index is 0.607. The highest BCUT2D eigenvalue weighted by Crippen LogP contribution is 2.33. The summed E-state index contributed by atoms with van der Waals surface area (Å²) in [5.41, 5.74) is 0. The third kappa shape index (κ3) is 3.30. The van der Waals surface area contributed by atoms with E-state index in [2.05, 4.69) is 0 Å². The molecule has 0 radical (unpaired) electrons. The summed E-state index contributed by atoms with van der Waals surface area (Å²) in [5.74, 6) is 0.681.